The molecule has 21 heavy (non-hydrogen) atoms. The van der Waals surface area contributed by atoms with Crippen molar-refractivity contribution in [2.24, 2.45) is 5.73 Å². The van der Waals surface area contributed by atoms with E-state index in [1.807, 2.05) is 20.8 Å². The van der Waals surface area contributed by atoms with Gasteiger partial charge in [-0.1, -0.05) is 25.2 Å². The zero-order valence-electron chi connectivity index (χ0n) is 12.7. The summed E-state index contributed by atoms with van der Waals surface area (Å²) in [5.41, 5.74) is 7.16. The summed E-state index contributed by atoms with van der Waals surface area (Å²) in [6.07, 6.45) is 2.69. The van der Waals surface area contributed by atoms with E-state index >= 15 is 0 Å². The van der Waals surface area contributed by atoms with Crippen LogP contribution in [-0.4, -0.2) is 29.8 Å². The van der Waals surface area contributed by atoms with Crippen LogP contribution in [0.15, 0.2) is 23.1 Å². The summed E-state index contributed by atoms with van der Waals surface area (Å²) in [4.78, 5) is 0.615. The average molecular weight is 326 g/mol. The van der Waals surface area contributed by atoms with Gasteiger partial charge in [0.25, 0.3) is 0 Å². The van der Waals surface area contributed by atoms with Crippen LogP contribution in [0.2, 0.25) is 0 Å². The zero-order chi connectivity index (χ0) is 15.8. The summed E-state index contributed by atoms with van der Waals surface area (Å²) < 4.78 is 27.5. The topological polar surface area (TPSA) is 63.4 Å². The van der Waals surface area contributed by atoms with Crippen LogP contribution in [0.5, 0.6) is 0 Å². The fourth-order valence-corrected chi connectivity index (χ4v) is 5.32. The van der Waals surface area contributed by atoms with Gasteiger partial charge in [0.05, 0.1) is 4.90 Å². The van der Waals surface area contributed by atoms with Crippen molar-refractivity contribution in [1.82, 2.24) is 4.31 Å². The average Bonchev–Trinajstić information content (AvgIpc) is 2.79. The lowest BCUT2D eigenvalue weighted by molar-refractivity contribution is 0.328. The fourth-order valence-electron chi connectivity index (χ4n) is 3.06. The molecule has 2 N–H and O–H groups in total. The van der Waals surface area contributed by atoms with E-state index in [9.17, 15) is 8.42 Å². The quantitative estimate of drug-likeness (QED) is 0.864. The van der Waals surface area contributed by atoms with E-state index in [1.54, 1.807) is 22.5 Å². The van der Waals surface area contributed by atoms with Gasteiger partial charge in [-0.3, -0.25) is 0 Å². The van der Waals surface area contributed by atoms with Crippen molar-refractivity contribution in [3.05, 3.63) is 29.3 Å². The van der Waals surface area contributed by atoms with Gasteiger partial charge in [0.2, 0.25) is 10.0 Å². The van der Waals surface area contributed by atoms with Crippen molar-refractivity contribution in [1.29, 1.82) is 0 Å². The third-order valence-corrected chi connectivity index (χ3v) is 6.50. The molecule has 1 heterocycles. The molecular weight excluding hydrogens is 304 g/mol. The van der Waals surface area contributed by atoms with Crippen LogP contribution in [0, 0.1) is 6.92 Å². The van der Waals surface area contributed by atoms with Crippen LogP contribution in [-0.2, 0) is 10.0 Å². The molecule has 1 aliphatic rings. The molecule has 1 fully saturated rings. The second kappa shape index (κ2) is 6.02. The molecule has 0 radical (unpaired) electrons. The second-order valence-corrected chi connectivity index (χ2v) is 7.95. The lowest BCUT2D eigenvalue weighted by Crippen LogP contribution is -2.39. The maximum atomic E-state index is 12.9. The van der Waals surface area contributed by atoms with E-state index in [1.165, 1.54) is 0 Å². The Labute approximate surface area is 132 Å². The van der Waals surface area contributed by atoms with Crippen molar-refractivity contribution in [2.45, 2.75) is 57.0 Å². The van der Waals surface area contributed by atoms with Gasteiger partial charge in [0.15, 0.2) is 0 Å². The monoisotopic (exact) mass is 326 g/mol. The Morgan fingerprint density at radius 1 is 1.43 bits per heavy atom. The van der Waals surface area contributed by atoms with Crippen molar-refractivity contribution < 1.29 is 8.42 Å². The van der Waals surface area contributed by atoms with Crippen molar-refractivity contribution in [3.8, 4) is 0 Å². The van der Waals surface area contributed by atoms with Crippen molar-refractivity contribution in [3.63, 3.8) is 0 Å². The smallest absolute Gasteiger partial charge is 0.243 e. The Morgan fingerprint density at radius 2 is 2.10 bits per heavy atom. The number of rotatable bonds is 4. The number of aryl methyl sites for hydroxylation is 1. The molecule has 4 nitrogen and oxygen atoms in total. The van der Waals surface area contributed by atoms with Crippen LogP contribution in [0.4, 0.5) is 0 Å². The standard InChI is InChI=1S/C15H22N2O2S2/c1-4-12-6-5-11(3)17(12)21(18,19)13-7-8-14(15(16)20)10(2)9-13/h7-9,11-12H,4-6H2,1-3H3,(H2,16,20). The number of hydrogen-bond donors (Lipinski definition) is 1. The molecule has 1 saturated heterocycles. The third-order valence-electron chi connectivity index (χ3n) is 4.22. The van der Waals surface area contributed by atoms with Gasteiger partial charge in [-0.2, -0.15) is 4.31 Å². The number of nitrogens with zero attached hydrogens (tertiary/aromatic N) is 1. The summed E-state index contributed by atoms with van der Waals surface area (Å²) in [5.74, 6) is 0. The fraction of sp³-hybridized carbons (Fsp3) is 0.533. The van der Waals surface area contributed by atoms with E-state index < -0.39 is 10.0 Å². The molecule has 0 aliphatic carbocycles. The maximum absolute atomic E-state index is 12.9. The van der Waals surface area contributed by atoms with E-state index in [4.69, 9.17) is 18.0 Å². The van der Waals surface area contributed by atoms with E-state index in [2.05, 4.69) is 0 Å². The molecule has 2 unspecified atom stereocenters. The first-order valence-electron chi connectivity index (χ1n) is 7.23. The largest absolute Gasteiger partial charge is 0.389 e. The molecule has 116 valence electrons. The number of hydrogen-bond acceptors (Lipinski definition) is 3. The van der Waals surface area contributed by atoms with Gasteiger partial charge < -0.3 is 5.73 Å². The molecule has 0 saturated carbocycles. The number of benzene rings is 1. The third kappa shape index (κ3) is 2.98. The minimum Gasteiger partial charge on any atom is -0.389 e. The Balaban J connectivity index is 2.44. The van der Waals surface area contributed by atoms with Crippen LogP contribution < -0.4 is 5.73 Å². The second-order valence-electron chi connectivity index (χ2n) is 5.66. The minimum atomic E-state index is -3.46. The first-order valence-corrected chi connectivity index (χ1v) is 9.07. The molecule has 0 bridgehead atoms. The van der Waals surface area contributed by atoms with E-state index in [0.717, 1.165) is 30.4 Å². The lowest BCUT2D eigenvalue weighted by Gasteiger charge is -2.27. The van der Waals surface area contributed by atoms with Gasteiger partial charge in [0, 0.05) is 17.6 Å². The SMILES string of the molecule is CCC1CCC(C)N1S(=O)(=O)c1ccc(C(N)=S)c(C)c1. The van der Waals surface area contributed by atoms with Gasteiger partial charge in [-0.05, 0) is 50.8 Å². The summed E-state index contributed by atoms with van der Waals surface area (Å²) in [7, 11) is -3.46. The Bertz CT molecular complexity index is 656. The predicted molar refractivity (Wildman–Crippen MR) is 88.9 cm³/mol. The van der Waals surface area contributed by atoms with Crippen LogP contribution in [0.25, 0.3) is 0 Å². The molecule has 6 heteroatoms. The number of nitrogens with two attached hydrogens (primary N) is 1. The summed E-state index contributed by atoms with van der Waals surface area (Å²) in [5, 5.41) is 0. The highest BCUT2D eigenvalue weighted by molar-refractivity contribution is 7.89. The molecule has 1 aliphatic heterocycles. The normalized spacial score (nSPS) is 23.4. The van der Waals surface area contributed by atoms with Crippen molar-refractivity contribution in [2.75, 3.05) is 0 Å². The minimum absolute atomic E-state index is 0.0514. The van der Waals surface area contributed by atoms with Crippen LogP contribution >= 0.6 is 12.2 Å². The first-order chi connectivity index (χ1) is 9.78. The molecule has 0 spiro atoms. The molecule has 0 amide bonds. The summed E-state index contributed by atoms with van der Waals surface area (Å²) in [6, 6.07) is 5.12. The highest BCUT2D eigenvalue weighted by Gasteiger charge is 2.39. The van der Waals surface area contributed by atoms with Gasteiger partial charge in [-0.25, -0.2) is 8.42 Å². The molecule has 1 aromatic carbocycles. The number of thiocarbonyl (C=S) groups is 1. The predicted octanol–water partition coefficient (Wildman–Crippen LogP) is 2.58. The van der Waals surface area contributed by atoms with E-state index in [-0.39, 0.29) is 17.1 Å². The highest BCUT2D eigenvalue weighted by Crippen LogP contribution is 2.32. The Hall–Kier alpha value is -0.980. The van der Waals surface area contributed by atoms with Gasteiger partial charge in [0.1, 0.15) is 4.99 Å². The van der Waals surface area contributed by atoms with E-state index in [0.29, 0.717) is 4.90 Å². The molecule has 0 aromatic heterocycles. The molecule has 2 rings (SSSR count). The summed E-state index contributed by atoms with van der Waals surface area (Å²) >= 11 is 4.97. The maximum Gasteiger partial charge on any atom is 0.243 e. The van der Waals surface area contributed by atoms with Crippen LogP contribution in [0.3, 0.4) is 0 Å². The van der Waals surface area contributed by atoms with Crippen LogP contribution in [0.1, 0.15) is 44.2 Å². The molecular formula is C15H22N2O2S2. The lowest BCUT2D eigenvalue weighted by atomic mass is 10.1. The number of sulfonamides is 1. The zero-order valence-corrected chi connectivity index (χ0v) is 14.3. The van der Waals surface area contributed by atoms with Crippen molar-refractivity contribution >= 4 is 27.2 Å². The first kappa shape index (κ1) is 16.4. The Kier molecular flexibility index (Phi) is 4.70. The van der Waals surface area contributed by atoms with Gasteiger partial charge >= 0.3 is 0 Å². The van der Waals surface area contributed by atoms with Gasteiger partial charge in [-0.15, -0.1) is 0 Å². The molecule has 1 aromatic rings. The highest BCUT2D eigenvalue weighted by atomic mass is 32.2. The Morgan fingerprint density at radius 3 is 2.62 bits per heavy atom. The molecule has 2 atom stereocenters. The summed E-state index contributed by atoms with van der Waals surface area (Å²) in [6.45, 7) is 5.84.